The van der Waals surface area contributed by atoms with Crippen LogP contribution in [-0.2, 0) is 0 Å². The van der Waals surface area contributed by atoms with E-state index in [0.29, 0.717) is 18.3 Å². The molecule has 0 radical (unpaired) electrons. The summed E-state index contributed by atoms with van der Waals surface area (Å²) in [4.78, 5) is 17.0. The number of aromatic carboxylic acids is 1. The third-order valence-corrected chi connectivity index (χ3v) is 3.89. The summed E-state index contributed by atoms with van der Waals surface area (Å²) in [6, 6.07) is 4.97. The molecule has 1 atom stereocenters. The second-order valence-corrected chi connectivity index (χ2v) is 5.24. The van der Waals surface area contributed by atoms with Gasteiger partial charge in [-0.3, -0.25) is 0 Å². The summed E-state index contributed by atoms with van der Waals surface area (Å²) in [6.07, 6.45) is 2.95. The number of hydrogen-bond donors (Lipinski definition) is 2. The zero-order valence-electron chi connectivity index (χ0n) is 10.0. The second kappa shape index (κ2) is 3.95. The normalized spacial score (nSPS) is 27.5. The smallest absolute Gasteiger partial charge is 0.354 e. The van der Waals surface area contributed by atoms with E-state index in [9.17, 15) is 9.90 Å². The molecular formula is C13H16N2O3. The van der Waals surface area contributed by atoms with Crippen LogP contribution in [0.1, 0.15) is 29.8 Å². The molecule has 1 aliphatic carbocycles. The molecule has 0 amide bonds. The number of carboxylic acid groups (broad SMARTS) is 1. The molecule has 0 aromatic carbocycles. The summed E-state index contributed by atoms with van der Waals surface area (Å²) in [7, 11) is 0. The number of nitrogens with zero attached hydrogens (tertiary/aromatic N) is 2. The lowest BCUT2D eigenvalue weighted by atomic mass is 9.97. The van der Waals surface area contributed by atoms with Crippen molar-refractivity contribution in [1.29, 1.82) is 0 Å². The average molecular weight is 248 g/mol. The van der Waals surface area contributed by atoms with Crippen LogP contribution in [0.3, 0.4) is 0 Å². The molecule has 1 aliphatic heterocycles. The lowest BCUT2D eigenvalue weighted by Gasteiger charge is -2.23. The lowest BCUT2D eigenvalue weighted by molar-refractivity contribution is 0.0400. The number of rotatable bonds is 3. The molecule has 1 aromatic heterocycles. The van der Waals surface area contributed by atoms with Crippen molar-refractivity contribution in [2.75, 3.05) is 18.0 Å². The summed E-state index contributed by atoms with van der Waals surface area (Å²) in [5.74, 6) is 0.0464. The zero-order valence-corrected chi connectivity index (χ0v) is 10.0. The predicted octanol–water partition coefficient (Wildman–Crippen LogP) is 1.13. The first-order chi connectivity index (χ1) is 8.58. The largest absolute Gasteiger partial charge is 0.477 e. The maximum atomic E-state index is 10.9. The number of carboxylic acids is 1. The van der Waals surface area contributed by atoms with Crippen LogP contribution in [0.4, 0.5) is 5.82 Å². The minimum atomic E-state index is -1.02. The van der Waals surface area contributed by atoms with Gasteiger partial charge in [0, 0.05) is 13.1 Å². The topological polar surface area (TPSA) is 73.7 Å². The van der Waals surface area contributed by atoms with Crippen molar-refractivity contribution in [3.05, 3.63) is 23.9 Å². The van der Waals surface area contributed by atoms with Crippen LogP contribution in [-0.4, -0.2) is 39.9 Å². The average Bonchev–Trinajstić information content (AvgIpc) is 3.14. The van der Waals surface area contributed by atoms with Crippen molar-refractivity contribution >= 4 is 11.8 Å². The van der Waals surface area contributed by atoms with Crippen LogP contribution in [0.5, 0.6) is 0 Å². The van der Waals surface area contributed by atoms with Gasteiger partial charge in [-0.05, 0) is 37.3 Å². The van der Waals surface area contributed by atoms with E-state index in [4.69, 9.17) is 5.11 Å². The van der Waals surface area contributed by atoms with Crippen molar-refractivity contribution in [3.63, 3.8) is 0 Å². The molecule has 2 aliphatic rings. The highest BCUT2D eigenvalue weighted by Gasteiger charge is 2.48. The minimum absolute atomic E-state index is 0.0503. The summed E-state index contributed by atoms with van der Waals surface area (Å²) >= 11 is 0. The molecule has 5 heteroatoms. The summed E-state index contributed by atoms with van der Waals surface area (Å²) in [6.45, 7) is 1.30. The molecule has 3 rings (SSSR count). The van der Waals surface area contributed by atoms with Crippen LogP contribution >= 0.6 is 0 Å². The van der Waals surface area contributed by atoms with E-state index >= 15 is 0 Å². The summed E-state index contributed by atoms with van der Waals surface area (Å²) in [5, 5.41) is 19.4. The molecule has 18 heavy (non-hydrogen) atoms. The predicted molar refractivity (Wildman–Crippen MR) is 65.7 cm³/mol. The number of carbonyl (C=O) groups is 1. The van der Waals surface area contributed by atoms with Crippen molar-refractivity contribution in [2.45, 2.75) is 24.9 Å². The Balaban J connectivity index is 1.79. The molecule has 0 spiro atoms. The van der Waals surface area contributed by atoms with Crippen LogP contribution < -0.4 is 4.90 Å². The quantitative estimate of drug-likeness (QED) is 0.838. The molecule has 2 N–H and O–H groups in total. The standard InChI is InChI=1S/C13H16N2O3/c16-12(17)10-2-1-3-11(14-10)15-7-6-13(18,8-15)9-4-5-9/h1-3,9,18H,4-8H2,(H,16,17). The minimum Gasteiger partial charge on any atom is -0.477 e. The zero-order chi connectivity index (χ0) is 12.8. The first-order valence-electron chi connectivity index (χ1n) is 6.26. The summed E-state index contributed by atoms with van der Waals surface area (Å²) < 4.78 is 0. The van der Waals surface area contributed by atoms with Gasteiger partial charge in [0.05, 0.1) is 5.60 Å². The third kappa shape index (κ3) is 1.95. The molecule has 5 nitrogen and oxygen atoms in total. The Bertz CT molecular complexity index is 487. The third-order valence-electron chi connectivity index (χ3n) is 3.89. The van der Waals surface area contributed by atoms with Crippen LogP contribution in [0.2, 0.25) is 0 Å². The molecule has 2 heterocycles. The van der Waals surface area contributed by atoms with Crippen LogP contribution in [0, 0.1) is 5.92 Å². The fraction of sp³-hybridized carbons (Fsp3) is 0.538. The molecule has 1 saturated heterocycles. The van der Waals surface area contributed by atoms with E-state index in [1.54, 1.807) is 12.1 Å². The second-order valence-electron chi connectivity index (χ2n) is 5.24. The SMILES string of the molecule is O=C(O)c1cccc(N2CCC(O)(C3CC3)C2)n1. The van der Waals surface area contributed by atoms with Crippen LogP contribution in [0.15, 0.2) is 18.2 Å². The molecule has 2 fully saturated rings. The van der Waals surface area contributed by atoms with Gasteiger partial charge >= 0.3 is 5.97 Å². The number of pyridine rings is 1. The van der Waals surface area contributed by atoms with Gasteiger partial charge in [-0.25, -0.2) is 9.78 Å². The van der Waals surface area contributed by atoms with Crippen molar-refractivity contribution in [2.24, 2.45) is 5.92 Å². The number of aromatic nitrogens is 1. The molecule has 1 saturated carbocycles. The Labute approximate surface area is 105 Å². The fourth-order valence-corrected chi connectivity index (χ4v) is 2.69. The monoisotopic (exact) mass is 248 g/mol. The van der Waals surface area contributed by atoms with Gasteiger partial charge in [-0.1, -0.05) is 6.07 Å². The Kier molecular flexibility index (Phi) is 2.52. The van der Waals surface area contributed by atoms with Crippen molar-refractivity contribution < 1.29 is 15.0 Å². The fourth-order valence-electron chi connectivity index (χ4n) is 2.69. The van der Waals surface area contributed by atoms with E-state index in [1.807, 2.05) is 4.90 Å². The van der Waals surface area contributed by atoms with Gasteiger partial charge in [0.2, 0.25) is 0 Å². The highest BCUT2D eigenvalue weighted by molar-refractivity contribution is 5.85. The van der Waals surface area contributed by atoms with E-state index in [-0.39, 0.29) is 5.69 Å². The van der Waals surface area contributed by atoms with Crippen LogP contribution in [0.25, 0.3) is 0 Å². The van der Waals surface area contributed by atoms with E-state index in [2.05, 4.69) is 4.98 Å². The number of hydrogen-bond acceptors (Lipinski definition) is 4. The van der Waals surface area contributed by atoms with E-state index < -0.39 is 11.6 Å². The number of anilines is 1. The highest BCUT2D eigenvalue weighted by Crippen LogP contribution is 2.44. The first-order valence-corrected chi connectivity index (χ1v) is 6.26. The Hall–Kier alpha value is -1.62. The van der Waals surface area contributed by atoms with Gasteiger partial charge < -0.3 is 15.1 Å². The first kappa shape index (κ1) is 11.5. The van der Waals surface area contributed by atoms with Gasteiger partial charge in [-0.2, -0.15) is 0 Å². The molecule has 96 valence electrons. The lowest BCUT2D eigenvalue weighted by Crippen LogP contribution is -2.35. The number of β-amino-alcohol motifs (C(OH)–C–C–N with tert-alkyl or cyclic N) is 1. The van der Waals surface area contributed by atoms with Crippen molar-refractivity contribution in [1.82, 2.24) is 4.98 Å². The van der Waals surface area contributed by atoms with Crippen molar-refractivity contribution in [3.8, 4) is 0 Å². The Morgan fingerprint density at radius 2 is 2.22 bits per heavy atom. The van der Waals surface area contributed by atoms with E-state index in [0.717, 1.165) is 25.8 Å². The summed E-state index contributed by atoms with van der Waals surface area (Å²) in [5.41, 5.74) is -0.546. The molecule has 0 bridgehead atoms. The van der Waals surface area contributed by atoms with Gasteiger partial charge in [0.1, 0.15) is 5.82 Å². The van der Waals surface area contributed by atoms with Gasteiger partial charge in [0.15, 0.2) is 5.69 Å². The molecule has 1 aromatic rings. The maximum absolute atomic E-state index is 10.9. The van der Waals surface area contributed by atoms with Gasteiger partial charge in [-0.15, -0.1) is 0 Å². The Morgan fingerprint density at radius 3 is 2.89 bits per heavy atom. The molecule has 1 unspecified atom stereocenters. The van der Waals surface area contributed by atoms with Gasteiger partial charge in [0.25, 0.3) is 0 Å². The highest BCUT2D eigenvalue weighted by atomic mass is 16.4. The number of aliphatic hydroxyl groups is 1. The maximum Gasteiger partial charge on any atom is 0.354 e. The van der Waals surface area contributed by atoms with E-state index in [1.165, 1.54) is 6.07 Å². The Morgan fingerprint density at radius 1 is 1.44 bits per heavy atom. The molecular weight excluding hydrogens is 232 g/mol.